The van der Waals surface area contributed by atoms with Crippen molar-refractivity contribution in [3.05, 3.63) is 110 Å². The van der Waals surface area contributed by atoms with E-state index < -0.39 is 0 Å². The number of rotatable bonds is 7. The lowest BCUT2D eigenvalue weighted by molar-refractivity contribution is -0.708. The van der Waals surface area contributed by atoms with Gasteiger partial charge in [-0.25, -0.2) is 9.13 Å². The van der Waals surface area contributed by atoms with E-state index in [9.17, 15) is 0 Å². The first-order chi connectivity index (χ1) is 13.9. The van der Waals surface area contributed by atoms with E-state index in [0.717, 1.165) is 13.1 Å². The molecule has 0 aliphatic rings. The van der Waals surface area contributed by atoms with Crippen molar-refractivity contribution in [2.45, 2.75) is 25.9 Å². The molecule has 28 heavy (non-hydrogen) atoms. The number of unbranched alkanes of at least 4 members (excludes halogenated alkanes) is 1. The SMILES string of the molecule is c1ccc(-c2cc[n+](CCCC[n+]3ccc(-c4ccccc4)cc3)cc2)cc1. The van der Waals surface area contributed by atoms with Crippen LogP contribution in [0, 0.1) is 0 Å². The Labute approximate surface area is 167 Å². The summed E-state index contributed by atoms with van der Waals surface area (Å²) in [5.74, 6) is 0. The van der Waals surface area contributed by atoms with E-state index >= 15 is 0 Å². The molecule has 0 aliphatic carbocycles. The van der Waals surface area contributed by atoms with E-state index in [1.165, 1.54) is 35.1 Å². The highest BCUT2D eigenvalue weighted by atomic mass is 14.9. The molecule has 0 fully saturated rings. The highest BCUT2D eigenvalue weighted by Gasteiger charge is 2.06. The second-order valence-corrected chi connectivity index (χ2v) is 7.09. The number of hydrogen-bond donors (Lipinski definition) is 0. The van der Waals surface area contributed by atoms with Gasteiger partial charge in [-0.2, -0.15) is 0 Å². The summed E-state index contributed by atoms with van der Waals surface area (Å²) >= 11 is 0. The summed E-state index contributed by atoms with van der Waals surface area (Å²) in [5, 5.41) is 0. The summed E-state index contributed by atoms with van der Waals surface area (Å²) in [4.78, 5) is 0. The monoisotopic (exact) mass is 366 g/mol. The molecular weight excluding hydrogens is 340 g/mol. The van der Waals surface area contributed by atoms with Crippen LogP contribution >= 0.6 is 0 Å². The Morgan fingerprint density at radius 3 is 1.07 bits per heavy atom. The van der Waals surface area contributed by atoms with Crippen LogP contribution in [-0.2, 0) is 13.1 Å². The number of nitrogens with zero attached hydrogens (tertiary/aromatic N) is 2. The topological polar surface area (TPSA) is 7.76 Å². The quantitative estimate of drug-likeness (QED) is 0.318. The van der Waals surface area contributed by atoms with Crippen LogP contribution in [0.3, 0.4) is 0 Å². The van der Waals surface area contributed by atoms with Crippen molar-refractivity contribution < 1.29 is 9.13 Å². The van der Waals surface area contributed by atoms with E-state index in [-0.39, 0.29) is 0 Å². The van der Waals surface area contributed by atoms with Gasteiger partial charge in [0.1, 0.15) is 13.1 Å². The molecule has 2 heterocycles. The van der Waals surface area contributed by atoms with Gasteiger partial charge < -0.3 is 0 Å². The predicted molar refractivity (Wildman–Crippen MR) is 113 cm³/mol. The van der Waals surface area contributed by atoms with Gasteiger partial charge in [0, 0.05) is 37.1 Å². The van der Waals surface area contributed by atoms with E-state index in [1.54, 1.807) is 0 Å². The normalized spacial score (nSPS) is 10.7. The lowest BCUT2D eigenvalue weighted by Crippen LogP contribution is -2.35. The van der Waals surface area contributed by atoms with Crippen molar-refractivity contribution in [2.24, 2.45) is 0 Å². The molecule has 138 valence electrons. The fourth-order valence-electron chi connectivity index (χ4n) is 3.45. The smallest absolute Gasteiger partial charge is 0.169 e. The van der Waals surface area contributed by atoms with Crippen LogP contribution in [0.25, 0.3) is 22.3 Å². The average molecular weight is 367 g/mol. The summed E-state index contributed by atoms with van der Waals surface area (Å²) in [7, 11) is 0. The summed E-state index contributed by atoms with van der Waals surface area (Å²) in [6.07, 6.45) is 11.1. The Morgan fingerprint density at radius 1 is 0.393 bits per heavy atom. The third-order valence-corrected chi connectivity index (χ3v) is 5.08. The molecule has 0 aliphatic heterocycles. The van der Waals surface area contributed by atoms with E-state index in [0.29, 0.717) is 0 Å². The number of pyridine rings is 2. The van der Waals surface area contributed by atoms with Gasteiger partial charge in [-0.1, -0.05) is 60.7 Å². The third kappa shape index (κ3) is 4.72. The number of aryl methyl sites for hydroxylation is 2. The maximum atomic E-state index is 2.27. The summed E-state index contributed by atoms with van der Waals surface area (Å²) in [6.45, 7) is 2.11. The maximum absolute atomic E-state index is 2.27. The molecule has 4 rings (SSSR count). The van der Waals surface area contributed by atoms with Gasteiger partial charge in [0.25, 0.3) is 0 Å². The van der Waals surface area contributed by atoms with Crippen molar-refractivity contribution in [1.29, 1.82) is 0 Å². The average Bonchev–Trinajstić information content (AvgIpc) is 2.79. The largest absolute Gasteiger partial charge is 0.205 e. The van der Waals surface area contributed by atoms with Gasteiger partial charge in [0.05, 0.1) is 0 Å². The van der Waals surface area contributed by atoms with E-state index in [2.05, 4.69) is 119 Å². The molecular formula is C26H26N2+2. The van der Waals surface area contributed by atoms with Gasteiger partial charge in [-0.05, 0) is 22.3 Å². The fourth-order valence-corrected chi connectivity index (χ4v) is 3.45. The molecule has 0 amide bonds. The molecule has 0 spiro atoms. The number of benzene rings is 2. The maximum Gasteiger partial charge on any atom is 0.169 e. The van der Waals surface area contributed by atoms with Gasteiger partial charge in [-0.15, -0.1) is 0 Å². The standard InChI is InChI=1S/C26H26N2/c1-3-9-23(10-4-1)25-13-19-27(20-14-25)17-7-8-18-28-21-15-26(16-22-28)24-11-5-2-6-12-24/h1-6,9-16,19-22H,7-8,17-18H2/q+2. The molecule has 2 nitrogen and oxygen atoms in total. The molecule has 2 aromatic heterocycles. The summed E-state index contributed by atoms with van der Waals surface area (Å²) in [5.41, 5.74) is 5.08. The number of hydrogen-bond acceptors (Lipinski definition) is 0. The molecule has 0 bridgehead atoms. The molecule has 0 atom stereocenters. The second-order valence-electron chi connectivity index (χ2n) is 7.09. The molecule has 0 radical (unpaired) electrons. The minimum Gasteiger partial charge on any atom is -0.205 e. The zero-order valence-electron chi connectivity index (χ0n) is 16.1. The summed E-state index contributed by atoms with van der Waals surface area (Å²) < 4.78 is 4.55. The second kappa shape index (κ2) is 9.09. The lowest BCUT2D eigenvalue weighted by Gasteiger charge is -2.02. The Balaban J connectivity index is 1.25. The van der Waals surface area contributed by atoms with Gasteiger partial charge in [0.2, 0.25) is 0 Å². The molecule has 0 unspecified atom stereocenters. The Kier molecular flexibility index (Phi) is 5.89. The molecule has 0 N–H and O–H groups in total. The molecule has 2 aromatic carbocycles. The lowest BCUT2D eigenvalue weighted by atomic mass is 10.1. The van der Waals surface area contributed by atoms with E-state index in [1.807, 2.05) is 0 Å². The highest BCUT2D eigenvalue weighted by molar-refractivity contribution is 5.62. The summed E-state index contributed by atoms with van der Waals surface area (Å²) in [6, 6.07) is 29.9. The number of aromatic nitrogens is 2. The minimum absolute atomic E-state index is 1.05. The van der Waals surface area contributed by atoms with Crippen LogP contribution in [0.1, 0.15) is 12.8 Å². The van der Waals surface area contributed by atoms with Crippen LogP contribution in [0.5, 0.6) is 0 Å². The molecule has 0 saturated heterocycles. The van der Waals surface area contributed by atoms with Gasteiger partial charge in [0.15, 0.2) is 24.8 Å². The first-order valence-corrected chi connectivity index (χ1v) is 9.97. The van der Waals surface area contributed by atoms with Crippen molar-refractivity contribution >= 4 is 0 Å². The van der Waals surface area contributed by atoms with E-state index in [4.69, 9.17) is 0 Å². The van der Waals surface area contributed by atoms with Crippen molar-refractivity contribution in [3.63, 3.8) is 0 Å². The highest BCUT2D eigenvalue weighted by Crippen LogP contribution is 2.17. The first kappa shape index (κ1) is 18.1. The third-order valence-electron chi connectivity index (χ3n) is 5.08. The van der Waals surface area contributed by atoms with Crippen LogP contribution in [0.2, 0.25) is 0 Å². The van der Waals surface area contributed by atoms with Crippen molar-refractivity contribution in [3.8, 4) is 22.3 Å². The van der Waals surface area contributed by atoms with Crippen LogP contribution < -0.4 is 9.13 Å². The zero-order valence-corrected chi connectivity index (χ0v) is 16.1. The fraction of sp³-hybridized carbons (Fsp3) is 0.154. The zero-order chi connectivity index (χ0) is 19.0. The van der Waals surface area contributed by atoms with Crippen LogP contribution in [0.15, 0.2) is 110 Å². The van der Waals surface area contributed by atoms with Gasteiger partial charge in [-0.3, -0.25) is 0 Å². The van der Waals surface area contributed by atoms with Gasteiger partial charge >= 0.3 is 0 Å². The van der Waals surface area contributed by atoms with Crippen LogP contribution in [0.4, 0.5) is 0 Å². The Bertz CT molecular complexity index is 891. The molecule has 0 saturated carbocycles. The predicted octanol–water partition coefficient (Wildman–Crippen LogP) is 5.08. The minimum atomic E-state index is 1.05. The van der Waals surface area contributed by atoms with Crippen molar-refractivity contribution in [2.75, 3.05) is 0 Å². The first-order valence-electron chi connectivity index (χ1n) is 9.97. The Hall–Kier alpha value is -3.26. The molecule has 4 aromatic rings. The van der Waals surface area contributed by atoms with Crippen molar-refractivity contribution in [1.82, 2.24) is 0 Å². The molecule has 2 heteroatoms. The van der Waals surface area contributed by atoms with Crippen LogP contribution in [-0.4, -0.2) is 0 Å². The Morgan fingerprint density at radius 2 is 0.714 bits per heavy atom.